The lowest BCUT2D eigenvalue weighted by atomic mass is 9.78. The van der Waals surface area contributed by atoms with Gasteiger partial charge in [-0.2, -0.15) is 0 Å². The van der Waals surface area contributed by atoms with E-state index in [1.165, 1.54) is 27.4 Å². The van der Waals surface area contributed by atoms with Crippen molar-refractivity contribution in [1.82, 2.24) is 0 Å². The molecule has 158 valence electrons. The largest absolute Gasteiger partial charge is 0.418 e. The average molecular weight is 419 g/mol. The van der Waals surface area contributed by atoms with Crippen molar-refractivity contribution in [3.05, 3.63) is 101 Å². The average Bonchev–Trinajstić information content (AvgIpc) is 2.77. The van der Waals surface area contributed by atoms with Gasteiger partial charge in [-0.1, -0.05) is 78.9 Å². The number of benzene rings is 3. The molecule has 0 aliphatic carbocycles. The molecule has 2 nitrogen and oxygen atoms in total. The van der Waals surface area contributed by atoms with Crippen molar-refractivity contribution < 1.29 is 9.16 Å². The fraction of sp³-hybridized carbons (Fsp3) is 0.333. The molecule has 0 fully saturated rings. The number of aryl methyl sites for hydroxylation is 1. The molecule has 3 aromatic rings. The van der Waals surface area contributed by atoms with Crippen molar-refractivity contribution >= 4 is 14.9 Å². The first kappa shape index (κ1) is 22.5. The minimum Gasteiger partial charge on any atom is -0.418 e. The standard InChI is InChI=1S/C27H34O2Si/c1-4-28-20-27(18-24-13-7-5-8-14-24,19-25-15-9-6-10-16-25)21-29-30-26-17-11-12-22(2)23(26)3/h5-17H,4,18-21,30H2,1-3H3. The quantitative estimate of drug-likeness (QED) is 0.426. The molecule has 0 aliphatic heterocycles. The van der Waals surface area contributed by atoms with E-state index in [9.17, 15) is 0 Å². The van der Waals surface area contributed by atoms with E-state index in [1.54, 1.807) is 0 Å². The Kier molecular flexibility index (Phi) is 8.44. The van der Waals surface area contributed by atoms with Gasteiger partial charge in [-0.3, -0.25) is 0 Å². The highest BCUT2D eigenvalue weighted by molar-refractivity contribution is 6.47. The second-order valence-electron chi connectivity index (χ2n) is 8.31. The van der Waals surface area contributed by atoms with E-state index in [2.05, 4.69) is 99.6 Å². The summed E-state index contributed by atoms with van der Waals surface area (Å²) in [6.45, 7) is 8.60. The molecule has 0 unspecified atom stereocenters. The molecule has 0 spiro atoms. The lowest BCUT2D eigenvalue weighted by Gasteiger charge is -2.34. The Bertz CT molecular complexity index is 852. The molecule has 3 rings (SSSR count). The van der Waals surface area contributed by atoms with Crippen molar-refractivity contribution in [3.8, 4) is 0 Å². The number of ether oxygens (including phenoxy) is 1. The van der Waals surface area contributed by atoms with Gasteiger partial charge in [-0.15, -0.1) is 0 Å². The van der Waals surface area contributed by atoms with E-state index in [0.29, 0.717) is 6.61 Å². The molecule has 3 aromatic carbocycles. The van der Waals surface area contributed by atoms with Gasteiger partial charge in [0.1, 0.15) is 0 Å². The van der Waals surface area contributed by atoms with Gasteiger partial charge in [0.15, 0.2) is 9.76 Å². The van der Waals surface area contributed by atoms with Crippen LogP contribution in [0.2, 0.25) is 0 Å². The third-order valence-electron chi connectivity index (χ3n) is 5.84. The summed E-state index contributed by atoms with van der Waals surface area (Å²) in [4.78, 5) is 0. The highest BCUT2D eigenvalue weighted by atomic mass is 28.2. The molecule has 0 aromatic heterocycles. The summed E-state index contributed by atoms with van der Waals surface area (Å²) in [6, 6.07) is 28.1. The zero-order chi connectivity index (χ0) is 21.2. The fourth-order valence-corrected chi connectivity index (χ4v) is 5.51. The monoisotopic (exact) mass is 418 g/mol. The summed E-state index contributed by atoms with van der Waals surface area (Å²) in [6.07, 6.45) is 1.90. The maximum atomic E-state index is 6.52. The highest BCUT2D eigenvalue weighted by Crippen LogP contribution is 2.29. The van der Waals surface area contributed by atoms with Crippen LogP contribution in [-0.4, -0.2) is 29.6 Å². The molecule has 0 atom stereocenters. The maximum Gasteiger partial charge on any atom is 0.192 e. The van der Waals surface area contributed by atoms with E-state index in [-0.39, 0.29) is 5.41 Å². The summed E-state index contributed by atoms with van der Waals surface area (Å²) in [5.41, 5.74) is 5.32. The molecule has 0 saturated heterocycles. The van der Waals surface area contributed by atoms with Crippen LogP contribution in [0.15, 0.2) is 78.9 Å². The summed E-state index contributed by atoms with van der Waals surface area (Å²) in [7, 11) is -0.799. The molecule has 0 saturated carbocycles. The lowest BCUT2D eigenvalue weighted by Crippen LogP contribution is -2.39. The van der Waals surface area contributed by atoms with Gasteiger partial charge in [-0.05, 0) is 61.1 Å². The van der Waals surface area contributed by atoms with E-state index in [0.717, 1.165) is 26.1 Å². The summed E-state index contributed by atoms with van der Waals surface area (Å²) < 4.78 is 12.5. The fourth-order valence-electron chi connectivity index (χ4n) is 4.03. The van der Waals surface area contributed by atoms with Crippen molar-refractivity contribution in [3.63, 3.8) is 0 Å². The summed E-state index contributed by atoms with van der Waals surface area (Å²) in [5.74, 6) is 0. The van der Waals surface area contributed by atoms with E-state index in [4.69, 9.17) is 9.16 Å². The first-order chi connectivity index (χ1) is 14.6. The molecule has 0 N–H and O–H groups in total. The van der Waals surface area contributed by atoms with Crippen molar-refractivity contribution in [2.24, 2.45) is 5.41 Å². The maximum absolute atomic E-state index is 6.52. The Morgan fingerprint density at radius 3 is 1.90 bits per heavy atom. The zero-order valence-electron chi connectivity index (χ0n) is 18.6. The van der Waals surface area contributed by atoms with Crippen LogP contribution in [-0.2, 0) is 22.0 Å². The van der Waals surface area contributed by atoms with Crippen molar-refractivity contribution in [2.45, 2.75) is 33.6 Å². The first-order valence-electron chi connectivity index (χ1n) is 10.9. The minimum atomic E-state index is -0.799. The Morgan fingerprint density at radius 2 is 1.33 bits per heavy atom. The van der Waals surface area contributed by atoms with Gasteiger partial charge in [0, 0.05) is 18.6 Å². The Balaban J connectivity index is 1.82. The molecule has 30 heavy (non-hydrogen) atoms. The normalized spacial score (nSPS) is 12.0. The molecular weight excluding hydrogens is 384 g/mol. The third kappa shape index (κ3) is 6.40. The van der Waals surface area contributed by atoms with E-state index in [1.807, 2.05) is 0 Å². The summed E-state index contributed by atoms with van der Waals surface area (Å²) in [5, 5.41) is 1.40. The zero-order valence-corrected chi connectivity index (χ0v) is 20.0. The topological polar surface area (TPSA) is 18.5 Å². The molecule has 0 amide bonds. The van der Waals surface area contributed by atoms with Crippen LogP contribution in [0.4, 0.5) is 0 Å². The van der Waals surface area contributed by atoms with E-state index >= 15 is 0 Å². The Labute approximate surface area is 184 Å². The molecular formula is C27H34O2Si. The van der Waals surface area contributed by atoms with Crippen LogP contribution in [0, 0.1) is 19.3 Å². The molecule has 0 radical (unpaired) electrons. The van der Waals surface area contributed by atoms with Gasteiger partial charge in [0.25, 0.3) is 0 Å². The van der Waals surface area contributed by atoms with Crippen LogP contribution in [0.5, 0.6) is 0 Å². The van der Waals surface area contributed by atoms with Crippen LogP contribution < -0.4 is 5.19 Å². The van der Waals surface area contributed by atoms with Gasteiger partial charge in [-0.25, -0.2) is 0 Å². The predicted octanol–water partition coefficient (Wildman–Crippen LogP) is 4.54. The Morgan fingerprint density at radius 1 is 0.733 bits per heavy atom. The smallest absolute Gasteiger partial charge is 0.192 e. The molecule has 0 heterocycles. The SMILES string of the molecule is CCOCC(CO[SiH2]c1cccc(C)c1C)(Cc1ccccc1)Cc1ccccc1. The lowest BCUT2D eigenvalue weighted by molar-refractivity contribution is 0.0194. The van der Waals surface area contributed by atoms with Crippen LogP contribution >= 0.6 is 0 Å². The van der Waals surface area contributed by atoms with Crippen molar-refractivity contribution in [2.75, 3.05) is 19.8 Å². The second-order valence-corrected chi connectivity index (χ2v) is 9.77. The van der Waals surface area contributed by atoms with Crippen LogP contribution in [0.25, 0.3) is 0 Å². The van der Waals surface area contributed by atoms with Gasteiger partial charge in [0.05, 0.1) is 6.61 Å². The summed E-state index contributed by atoms with van der Waals surface area (Å²) >= 11 is 0. The van der Waals surface area contributed by atoms with Gasteiger partial charge >= 0.3 is 0 Å². The van der Waals surface area contributed by atoms with Crippen LogP contribution in [0.1, 0.15) is 29.2 Å². The molecule has 0 bridgehead atoms. The molecule has 0 aliphatic rings. The molecule has 3 heteroatoms. The van der Waals surface area contributed by atoms with Gasteiger partial charge < -0.3 is 9.16 Å². The minimum absolute atomic E-state index is 0.0799. The van der Waals surface area contributed by atoms with Crippen molar-refractivity contribution in [1.29, 1.82) is 0 Å². The number of hydrogen-bond acceptors (Lipinski definition) is 2. The number of rotatable bonds is 11. The predicted molar refractivity (Wildman–Crippen MR) is 129 cm³/mol. The highest BCUT2D eigenvalue weighted by Gasteiger charge is 2.32. The third-order valence-corrected chi connectivity index (χ3v) is 7.32. The number of hydrogen-bond donors (Lipinski definition) is 0. The van der Waals surface area contributed by atoms with Crippen LogP contribution in [0.3, 0.4) is 0 Å². The Hall–Kier alpha value is -2.20. The van der Waals surface area contributed by atoms with Gasteiger partial charge in [0.2, 0.25) is 0 Å². The first-order valence-corrected chi connectivity index (χ1v) is 12.2. The van der Waals surface area contributed by atoms with E-state index < -0.39 is 9.76 Å². The second kappa shape index (κ2) is 11.3.